The Morgan fingerprint density at radius 1 is 1.50 bits per heavy atom. The van der Waals surface area contributed by atoms with Gasteiger partial charge in [-0.2, -0.15) is 0 Å². The van der Waals surface area contributed by atoms with E-state index in [4.69, 9.17) is 0 Å². The average Bonchev–Trinajstić information content (AvgIpc) is 2.13. The highest BCUT2D eigenvalue weighted by Crippen LogP contribution is 1.97. The van der Waals surface area contributed by atoms with E-state index in [0.29, 0.717) is 19.4 Å². The first-order valence-electron chi connectivity index (χ1n) is 5.21. The lowest BCUT2D eigenvalue weighted by molar-refractivity contribution is -0.878. The number of quaternary nitrogens is 1. The molecule has 5 nitrogen and oxygen atoms in total. The number of carbonyl (C=O) groups is 1. The van der Waals surface area contributed by atoms with Crippen molar-refractivity contribution >= 4 is 11.8 Å². The summed E-state index contributed by atoms with van der Waals surface area (Å²) in [4.78, 5) is 12.6. The van der Waals surface area contributed by atoms with E-state index in [-0.39, 0.29) is 16.4 Å². The Balaban J connectivity index is 3.95. The Bertz CT molecular complexity index is 279. The molecule has 0 aromatic carbocycles. The molecule has 0 spiro atoms. The topological polar surface area (TPSA) is 55.7 Å². The molecule has 0 rings (SSSR count). The number of nitrogens with zero attached hydrogens (tertiary/aromatic N) is 3. The molecule has 0 saturated carbocycles. The molecule has 1 amide bonds. The van der Waals surface area contributed by atoms with Gasteiger partial charge in [-0.15, -0.1) is 5.10 Å². The van der Waals surface area contributed by atoms with Crippen LogP contribution in [0.4, 0.5) is 0 Å². The summed E-state index contributed by atoms with van der Waals surface area (Å²) in [5, 5.41) is 15.3. The molecule has 0 unspecified atom stereocenters. The molecule has 0 aromatic heterocycles. The second-order valence-electron chi connectivity index (χ2n) is 4.50. The van der Waals surface area contributed by atoms with Crippen molar-refractivity contribution in [3.63, 3.8) is 0 Å². The van der Waals surface area contributed by atoms with Crippen LogP contribution in [0.1, 0.15) is 12.8 Å². The fourth-order valence-corrected chi connectivity index (χ4v) is 1.12. The summed E-state index contributed by atoms with van der Waals surface area (Å²) in [6, 6.07) is 0. The van der Waals surface area contributed by atoms with Crippen LogP contribution in [0.5, 0.6) is 0 Å². The molecule has 0 bridgehead atoms. The molecule has 0 aliphatic heterocycles. The van der Waals surface area contributed by atoms with Gasteiger partial charge in [-0.25, -0.2) is 4.59 Å². The minimum absolute atomic E-state index is 0.129. The summed E-state index contributed by atoms with van der Waals surface area (Å²) in [6.45, 7) is 3.94. The van der Waals surface area contributed by atoms with Gasteiger partial charge >= 0.3 is 0 Å². The largest absolute Gasteiger partial charge is 0.858 e. The van der Waals surface area contributed by atoms with Crippen LogP contribution in [0.15, 0.2) is 17.8 Å². The molecule has 0 fully saturated rings. The normalized spacial score (nSPS) is 12.4. The number of carbonyl (C=O) groups excluding carboxylic acids is 1. The highest BCUT2D eigenvalue weighted by molar-refractivity contribution is 5.86. The molecule has 5 heteroatoms. The van der Waals surface area contributed by atoms with E-state index in [1.165, 1.54) is 11.0 Å². The van der Waals surface area contributed by atoms with E-state index in [1.807, 2.05) is 21.1 Å². The molecule has 0 aliphatic carbocycles. The van der Waals surface area contributed by atoms with Crippen molar-refractivity contribution in [3.05, 3.63) is 12.7 Å². The van der Waals surface area contributed by atoms with Crippen molar-refractivity contribution in [1.29, 1.82) is 0 Å². The van der Waals surface area contributed by atoms with Crippen LogP contribution in [0.2, 0.25) is 0 Å². The summed E-state index contributed by atoms with van der Waals surface area (Å²) < 4.78 is 0.278. The van der Waals surface area contributed by atoms with Crippen LogP contribution in [0.25, 0.3) is 0 Å². The lowest BCUT2D eigenvalue weighted by atomic mass is 10.3. The molecule has 0 atom stereocenters. The van der Waals surface area contributed by atoms with E-state index in [1.54, 1.807) is 7.05 Å². The van der Waals surface area contributed by atoms with Gasteiger partial charge in [-0.05, 0) is 18.9 Å². The van der Waals surface area contributed by atoms with Gasteiger partial charge in [0.2, 0.25) is 5.91 Å². The summed E-state index contributed by atoms with van der Waals surface area (Å²) in [7, 11) is 7.16. The van der Waals surface area contributed by atoms with E-state index < -0.39 is 0 Å². The molecule has 0 saturated heterocycles. The zero-order valence-corrected chi connectivity index (χ0v) is 10.6. The Morgan fingerprint density at radius 3 is 2.50 bits per heavy atom. The number of hydrogen-bond acceptors (Lipinski definition) is 3. The Kier molecular flexibility index (Phi) is 5.74. The van der Waals surface area contributed by atoms with Gasteiger partial charge in [-0.1, -0.05) is 6.58 Å². The van der Waals surface area contributed by atoms with Crippen molar-refractivity contribution < 1.29 is 14.5 Å². The maximum absolute atomic E-state index is 11.4. The summed E-state index contributed by atoms with van der Waals surface area (Å²) in [6.07, 6.45) is 2.25. The average molecular weight is 227 g/mol. The highest BCUT2D eigenvalue weighted by Gasteiger charge is 2.05. The summed E-state index contributed by atoms with van der Waals surface area (Å²) in [5.74, 6) is -0.261. The first-order valence-corrected chi connectivity index (χ1v) is 5.21. The molecule has 92 valence electrons. The van der Waals surface area contributed by atoms with Crippen molar-refractivity contribution in [2.45, 2.75) is 12.8 Å². The third-order valence-corrected chi connectivity index (χ3v) is 1.85. The second-order valence-corrected chi connectivity index (χ2v) is 4.50. The Morgan fingerprint density at radius 2 is 2.06 bits per heavy atom. The van der Waals surface area contributed by atoms with Gasteiger partial charge in [0.25, 0.3) is 0 Å². The Labute approximate surface area is 97.2 Å². The predicted molar refractivity (Wildman–Crippen MR) is 62.5 cm³/mol. The zero-order chi connectivity index (χ0) is 12.8. The maximum atomic E-state index is 11.4. The zero-order valence-electron chi connectivity index (χ0n) is 10.6. The van der Waals surface area contributed by atoms with Crippen LogP contribution in [-0.2, 0) is 4.79 Å². The van der Waals surface area contributed by atoms with Gasteiger partial charge in [0, 0.05) is 19.5 Å². The van der Waals surface area contributed by atoms with E-state index in [2.05, 4.69) is 11.7 Å². The lowest BCUT2D eigenvalue weighted by Crippen LogP contribution is -2.33. The molecular formula is C11H21N3O2. The number of likely N-dealkylation sites (N-methyl/N-ethyl adjacent to an activating group) is 1. The third-order valence-electron chi connectivity index (χ3n) is 1.85. The van der Waals surface area contributed by atoms with Crippen LogP contribution < -0.4 is 5.11 Å². The Hall–Kier alpha value is -1.36. The van der Waals surface area contributed by atoms with Gasteiger partial charge in [0.15, 0.2) is 0 Å². The van der Waals surface area contributed by atoms with E-state index >= 15 is 0 Å². The van der Waals surface area contributed by atoms with Gasteiger partial charge < -0.3 is 10.0 Å². The van der Waals surface area contributed by atoms with E-state index in [0.717, 1.165) is 0 Å². The monoisotopic (exact) mass is 227 g/mol. The molecule has 0 aliphatic rings. The fraction of sp³-hybridized carbons (Fsp3) is 0.636. The minimum Gasteiger partial charge on any atom is -0.858 e. The van der Waals surface area contributed by atoms with Crippen molar-refractivity contribution in [2.75, 3.05) is 34.7 Å². The van der Waals surface area contributed by atoms with Crippen molar-refractivity contribution in [3.8, 4) is 0 Å². The van der Waals surface area contributed by atoms with Crippen LogP contribution in [0, 0.1) is 0 Å². The SMILES string of the molecule is C=CC(=O)N(C)CCCC([O-])=N[N+](C)(C)C. The third kappa shape index (κ3) is 7.00. The second kappa shape index (κ2) is 6.27. The smallest absolute Gasteiger partial charge is 0.245 e. The van der Waals surface area contributed by atoms with Gasteiger partial charge in [0.05, 0.1) is 21.1 Å². The van der Waals surface area contributed by atoms with Gasteiger partial charge in [0.1, 0.15) is 0 Å². The van der Waals surface area contributed by atoms with Gasteiger partial charge in [-0.3, -0.25) is 4.79 Å². The first kappa shape index (κ1) is 14.6. The fourth-order valence-electron chi connectivity index (χ4n) is 1.12. The summed E-state index contributed by atoms with van der Waals surface area (Å²) >= 11 is 0. The van der Waals surface area contributed by atoms with E-state index in [9.17, 15) is 9.90 Å². The van der Waals surface area contributed by atoms with Crippen LogP contribution >= 0.6 is 0 Å². The molecule has 0 aromatic rings. The van der Waals surface area contributed by atoms with Crippen molar-refractivity contribution in [1.82, 2.24) is 4.90 Å². The predicted octanol–water partition coefficient (Wildman–Crippen LogP) is -0.209. The lowest BCUT2D eigenvalue weighted by Gasteiger charge is -2.21. The molecule has 0 radical (unpaired) electrons. The molecule has 0 N–H and O–H groups in total. The number of hydrogen-bond donors (Lipinski definition) is 0. The maximum Gasteiger partial charge on any atom is 0.245 e. The molecule has 16 heavy (non-hydrogen) atoms. The minimum atomic E-state index is -0.132. The first-order chi connectivity index (χ1) is 7.26. The van der Waals surface area contributed by atoms with Crippen molar-refractivity contribution in [2.24, 2.45) is 5.10 Å². The quantitative estimate of drug-likeness (QED) is 0.207. The highest BCUT2D eigenvalue weighted by atomic mass is 16.3. The standard InChI is InChI=1S/C11H21N3O2/c1-6-11(16)13(2)9-7-8-10(15)12-14(3,4)5/h6H,1,7-9H2,2-5H3. The van der Waals surface area contributed by atoms with Crippen LogP contribution in [0.3, 0.4) is 0 Å². The number of amides is 1. The van der Waals surface area contributed by atoms with Crippen LogP contribution in [-0.4, -0.2) is 56.0 Å². The molecular weight excluding hydrogens is 206 g/mol. The number of rotatable bonds is 6. The summed E-state index contributed by atoms with van der Waals surface area (Å²) in [5.41, 5.74) is 0. The molecule has 0 heterocycles.